The summed E-state index contributed by atoms with van der Waals surface area (Å²) >= 11 is 0. The fourth-order valence-electron chi connectivity index (χ4n) is 3.41. The summed E-state index contributed by atoms with van der Waals surface area (Å²) in [5, 5.41) is 3.71. The van der Waals surface area contributed by atoms with Crippen molar-refractivity contribution < 1.29 is 22.5 Å². The monoisotopic (exact) mass is 407 g/mol. The first-order valence-corrected chi connectivity index (χ1v) is 10.6. The molecule has 0 saturated carbocycles. The number of nitrogens with zero attached hydrogens (tertiary/aromatic N) is 2. The lowest BCUT2D eigenvalue weighted by Crippen LogP contribution is -2.47. The van der Waals surface area contributed by atoms with Crippen molar-refractivity contribution in [3.63, 3.8) is 0 Å². The molecule has 2 aromatic rings. The van der Waals surface area contributed by atoms with E-state index in [0.717, 1.165) is 11.3 Å². The fourth-order valence-corrected chi connectivity index (χ4v) is 5.05. The van der Waals surface area contributed by atoms with Gasteiger partial charge in [0.1, 0.15) is 16.3 Å². The minimum atomic E-state index is -3.69. The fraction of sp³-hybridized carbons (Fsp3) is 0.474. The number of benzene rings is 1. The second kappa shape index (κ2) is 8.32. The second-order valence-electron chi connectivity index (χ2n) is 6.95. The van der Waals surface area contributed by atoms with Crippen LogP contribution in [0.1, 0.15) is 29.9 Å². The van der Waals surface area contributed by atoms with Gasteiger partial charge in [-0.3, -0.25) is 4.79 Å². The summed E-state index contributed by atoms with van der Waals surface area (Å²) in [5.74, 6) is 1.07. The Kier molecular flexibility index (Phi) is 6.04. The van der Waals surface area contributed by atoms with Crippen LogP contribution >= 0.6 is 0 Å². The lowest BCUT2D eigenvalue weighted by Gasteiger charge is -2.32. The molecule has 28 heavy (non-hydrogen) atoms. The highest BCUT2D eigenvalue weighted by atomic mass is 32.2. The van der Waals surface area contributed by atoms with Crippen molar-refractivity contribution in [2.45, 2.75) is 44.0 Å². The summed E-state index contributed by atoms with van der Waals surface area (Å²) in [6, 6.07) is 7.20. The maximum absolute atomic E-state index is 12.6. The Labute approximate surface area is 164 Å². The first-order valence-electron chi connectivity index (χ1n) is 9.16. The zero-order valence-electron chi connectivity index (χ0n) is 16.3. The molecule has 1 saturated heterocycles. The summed E-state index contributed by atoms with van der Waals surface area (Å²) in [4.78, 5) is 14.4. The smallest absolute Gasteiger partial charge is 0.246 e. The van der Waals surface area contributed by atoms with Crippen LogP contribution in [-0.4, -0.2) is 50.6 Å². The standard InChI is InChI=1S/C19H25N3O5S/c1-13-19(14(2)27-20-13)28(24,25)21-16-8-10-22(11-9-16)18(23)12-15-4-6-17(26-3)7-5-15/h4-7,16,21H,8-12H2,1-3H3. The van der Waals surface area contributed by atoms with Crippen molar-refractivity contribution in [3.05, 3.63) is 41.3 Å². The normalized spacial score (nSPS) is 15.6. The van der Waals surface area contributed by atoms with Gasteiger partial charge in [0.2, 0.25) is 15.9 Å². The maximum atomic E-state index is 12.6. The molecule has 1 aromatic heterocycles. The van der Waals surface area contributed by atoms with Crippen LogP contribution < -0.4 is 9.46 Å². The van der Waals surface area contributed by atoms with Crippen LogP contribution in [0.3, 0.4) is 0 Å². The molecular weight excluding hydrogens is 382 g/mol. The van der Waals surface area contributed by atoms with Crippen molar-refractivity contribution in [3.8, 4) is 5.75 Å². The maximum Gasteiger partial charge on any atom is 0.246 e. The Morgan fingerprint density at radius 1 is 1.25 bits per heavy atom. The van der Waals surface area contributed by atoms with Gasteiger partial charge in [-0.15, -0.1) is 0 Å². The molecule has 1 fully saturated rings. The van der Waals surface area contributed by atoms with E-state index in [4.69, 9.17) is 9.26 Å². The van der Waals surface area contributed by atoms with E-state index < -0.39 is 10.0 Å². The van der Waals surface area contributed by atoms with E-state index in [1.807, 2.05) is 24.3 Å². The number of aryl methyl sites for hydroxylation is 2. The van der Waals surface area contributed by atoms with Crippen LogP contribution in [0.5, 0.6) is 5.75 Å². The molecule has 0 spiro atoms. The van der Waals surface area contributed by atoms with Crippen LogP contribution in [-0.2, 0) is 21.2 Å². The van der Waals surface area contributed by atoms with Gasteiger partial charge in [0.15, 0.2) is 5.76 Å². The Bertz CT molecular complexity index is 909. The number of amides is 1. The number of aromatic nitrogens is 1. The summed E-state index contributed by atoms with van der Waals surface area (Å²) < 4.78 is 38.0. The van der Waals surface area contributed by atoms with Gasteiger partial charge in [0.25, 0.3) is 0 Å². The molecule has 2 heterocycles. The zero-order chi connectivity index (χ0) is 20.3. The van der Waals surface area contributed by atoms with Crippen LogP contribution in [0, 0.1) is 13.8 Å². The second-order valence-corrected chi connectivity index (χ2v) is 8.61. The zero-order valence-corrected chi connectivity index (χ0v) is 17.1. The van der Waals surface area contributed by atoms with Gasteiger partial charge in [0, 0.05) is 19.1 Å². The van der Waals surface area contributed by atoms with Crippen LogP contribution in [0.4, 0.5) is 0 Å². The third-order valence-corrected chi connectivity index (χ3v) is 6.68. The van der Waals surface area contributed by atoms with Crippen molar-refractivity contribution in [1.29, 1.82) is 0 Å². The number of hydrogen-bond acceptors (Lipinski definition) is 6. The Balaban J connectivity index is 1.54. The number of nitrogens with one attached hydrogen (secondary N) is 1. The molecule has 0 unspecified atom stereocenters. The van der Waals surface area contributed by atoms with Crippen LogP contribution in [0.2, 0.25) is 0 Å². The summed E-state index contributed by atoms with van der Waals surface area (Å²) in [6.07, 6.45) is 1.45. The lowest BCUT2D eigenvalue weighted by atomic mass is 10.0. The van der Waals surface area contributed by atoms with E-state index in [0.29, 0.717) is 38.0 Å². The average molecular weight is 407 g/mol. The van der Waals surface area contributed by atoms with Gasteiger partial charge in [-0.25, -0.2) is 13.1 Å². The molecule has 0 atom stereocenters. The Hall–Kier alpha value is -2.39. The van der Waals surface area contributed by atoms with Gasteiger partial charge in [0.05, 0.1) is 13.5 Å². The van der Waals surface area contributed by atoms with Gasteiger partial charge in [-0.2, -0.15) is 0 Å². The SMILES string of the molecule is COc1ccc(CC(=O)N2CCC(NS(=O)(=O)c3c(C)noc3C)CC2)cc1. The summed E-state index contributed by atoms with van der Waals surface area (Å²) in [5.41, 5.74) is 1.27. The number of rotatable bonds is 6. The predicted octanol–water partition coefficient (Wildman–Crippen LogP) is 1.81. The van der Waals surface area contributed by atoms with Gasteiger partial charge >= 0.3 is 0 Å². The molecule has 1 amide bonds. The third-order valence-electron chi connectivity index (χ3n) is 4.92. The summed E-state index contributed by atoms with van der Waals surface area (Å²) in [7, 11) is -2.09. The molecule has 1 N–H and O–H groups in total. The molecule has 0 aliphatic carbocycles. The largest absolute Gasteiger partial charge is 0.497 e. The number of carbonyl (C=O) groups is 1. The number of carbonyl (C=O) groups excluding carboxylic acids is 1. The quantitative estimate of drug-likeness (QED) is 0.784. The van der Waals surface area contributed by atoms with Crippen molar-refractivity contribution >= 4 is 15.9 Å². The van der Waals surface area contributed by atoms with Crippen molar-refractivity contribution in [1.82, 2.24) is 14.8 Å². The Morgan fingerprint density at radius 2 is 1.89 bits per heavy atom. The number of piperidine rings is 1. The highest BCUT2D eigenvalue weighted by Gasteiger charge is 2.30. The number of likely N-dealkylation sites (tertiary alicyclic amines) is 1. The van der Waals surface area contributed by atoms with E-state index in [-0.39, 0.29) is 22.6 Å². The van der Waals surface area contributed by atoms with Crippen LogP contribution in [0.25, 0.3) is 0 Å². The number of ether oxygens (including phenoxy) is 1. The minimum absolute atomic E-state index is 0.0391. The Morgan fingerprint density at radius 3 is 2.43 bits per heavy atom. The number of sulfonamides is 1. The molecule has 0 bridgehead atoms. The molecule has 3 rings (SSSR count). The predicted molar refractivity (Wildman–Crippen MR) is 103 cm³/mol. The number of methoxy groups -OCH3 is 1. The average Bonchev–Trinajstić information content (AvgIpc) is 3.01. The molecule has 9 heteroatoms. The van der Waals surface area contributed by atoms with E-state index in [1.165, 1.54) is 0 Å². The van der Waals surface area contributed by atoms with Gasteiger partial charge in [-0.1, -0.05) is 17.3 Å². The molecule has 1 aliphatic rings. The molecule has 1 aromatic carbocycles. The first kappa shape index (κ1) is 20.3. The molecule has 0 radical (unpaired) electrons. The van der Waals surface area contributed by atoms with E-state index in [1.54, 1.807) is 25.9 Å². The van der Waals surface area contributed by atoms with Crippen molar-refractivity contribution in [2.24, 2.45) is 0 Å². The molecule has 8 nitrogen and oxygen atoms in total. The van der Waals surface area contributed by atoms with Crippen LogP contribution in [0.15, 0.2) is 33.7 Å². The number of hydrogen-bond donors (Lipinski definition) is 1. The van der Waals surface area contributed by atoms with E-state index >= 15 is 0 Å². The summed E-state index contributed by atoms with van der Waals surface area (Å²) in [6.45, 7) is 4.22. The van der Waals surface area contributed by atoms with Gasteiger partial charge < -0.3 is 14.2 Å². The first-order chi connectivity index (χ1) is 13.3. The van der Waals surface area contributed by atoms with E-state index in [2.05, 4.69) is 9.88 Å². The van der Waals surface area contributed by atoms with Crippen molar-refractivity contribution in [2.75, 3.05) is 20.2 Å². The molecular formula is C19H25N3O5S. The van der Waals surface area contributed by atoms with Gasteiger partial charge in [-0.05, 0) is 44.4 Å². The van der Waals surface area contributed by atoms with E-state index in [9.17, 15) is 13.2 Å². The minimum Gasteiger partial charge on any atom is -0.497 e. The molecule has 152 valence electrons. The third kappa shape index (κ3) is 4.53. The highest BCUT2D eigenvalue weighted by molar-refractivity contribution is 7.89. The highest BCUT2D eigenvalue weighted by Crippen LogP contribution is 2.21. The molecule has 1 aliphatic heterocycles. The lowest BCUT2D eigenvalue weighted by molar-refractivity contribution is -0.131. The topological polar surface area (TPSA) is 102 Å².